The Hall–Kier alpha value is -7.96. The van der Waals surface area contributed by atoms with Gasteiger partial charge in [0.25, 0.3) is 0 Å². The molecule has 0 aliphatic heterocycles. The molecule has 4 heterocycles. The van der Waals surface area contributed by atoms with Gasteiger partial charge in [-0.25, -0.2) is 15.0 Å². The highest BCUT2D eigenvalue weighted by Gasteiger charge is 2.19. The molecule has 0 unspecified atom stereocenters. The number of hydrogen-bond acceptors (Lipinski definition) is 5. The van der Waals surface area contributed by atoms with Gasteiger partial charge in [-0.15, -0.1) is 0 Å². The fourth-order valence-electron chi connectivity index (χ4n) is 8.51. The molecular weight excluding hydrogens is 711 g/mol. The first kappa shape index (κ1) is 32.3. The minimum Gasteiger partial charge on any atom is -0.456 e. The van der Waals surface area contributed by atoms with Gasteiger partial charge in [0.1, 0.15) is 11.2 Å². The Morgan fingerprint density at radius 3 is 1.93 bits per heavy atom. The summed E-state index contributed by atoms with van der Waals surface area (Å²) in [5.41, 5.74) is 9.81. The first-order chi connectivity index (χ1) is 28.7. The molecule has 0 saturated carbocycles. The van der Waals surface area contributed by atoms with Crippen molar-refractivity contribution in [1.29, 1.82) is 0 Å². The Morgan fingerprint density at radius 1 is 0.379 bits per heavy atom. The number of rotatable bonds is 5. The van der Waals surface area contributed by atoms with Crippen LogP contribution in [0.3, 0.4) is 0 Å². The van der Waals surface area contributed by atoms with Crippen molar-refractivity contribution >= 4 is 65.3 Å². The minimum atomic E-state index is 0.568. The normalized spacial score (nSPS) is 11.8. The second kappa shape index (κ2) is 12.8. The van der Waals surface area contributed by atoms with Crippen molar-refractivity contribution < 1.29 is 4.42 Å². The summed E-state index contributed by atoms with van der Waals surface area (Å²) >= 11 is 0. The standard InChI is InChI=1S/C52H31N5O/c1-2-11-34(12-3-1)50-54-51(56-52(55-50)39-20-22-42-44-31-53-26-25-47(44)58-48(42)30-39)38-14-8-15-40(28-38)57-45-24-21-33-10-6-7-16-41(33)49(45)43-23-19-37(29-46(43)57)36-18-17-32-9-4-5-13-35(32)27-36/h1-31H. The third-order valence-electron chi connectivity index (χ3n) is 11.3. The van der Waals surface area contributed by atoms with Crippen molar-refractivity contribution in [2.75, 3.05) is 0 Å². The molecule has 0 amide bonds. The summed E-state index contributed by atoms with van der Waals surface area (Å²) in [5.74, 6) is 1.75. The molecule has 0 spiro atoms. The summed E-state index contributed by atoms with van der Waals surface area (Å²) in [5, 5.41) is 9.30. The van der Waals surface area contributed by atoms with Gasteiger partial charge >= 0.3 is 0 Å². The summed E-state index contributed by atoms with van der Waals surface area (Å²) in [6.45, 7) is 0. The van der Waals surface area contributed by atoms with E-state index in [-0.39, 0.29) is 0 Å². The van der Waals surface area contributed by atoms with Crippen molar-refractivity contribution in [3.63, 3.8) is 0 Å². The predicted octanol–water partition coefficient (Wildman–Crippen LogP) is 13.2. The molecule has 0 aliphatic carbocycles. The van der Waals surface area contributed by atoms with E-state index in [2.05, 4.69) is 137 Å². The van der Waals surface area contributed by atoms with E-state index in [1.54, 1.807) is 6.20 Å². The first-order valence-electron chi connectivity index (χ1n) is 19.4. The molecule has 0 fully saturated rings. The van der Waals surface area contributed by atoms with E-state index >= 15 is 0 Å². The Labute approximate surface area is 332 Å². The maximum absolute atomic E-state index is 6.24. The monoisotopic (exact) mass is 741 g/mol. The van der Waals surface area contributed by atoms with Crippen molar-refractivity contribution in [3.8, 4) is 51.0 Å². The van der Waals surface area contributed by atoms with Gasteiger partial charge in [0.2, 0.25) is 0 Å². The van der Waals surface area contributed by atoms with E-state index in [4.69, 9.17) is 19.4 Å². The van der Waals surface area contributed by atoms with E-state index in [1.165, 1.54) is 37.9 Å². The molecule has 0 saturated heterocycles. The average molecular weight is 742 g/mol. The minimum absolute atomic E-state index is 0.568. The van der Waals surface area contributed by atoms with Gasteiger partial charge < -0.3 is 8.98 Å². The molecule has 6 nitrogen and oxygen atoms in total. The molecule has 0 bridgehead atoms. The third kappa shape index (κ3) is 5.20. The lowest BCUT2D eigenvalue weighted by Crippen LogP contribution is -2.01. The summed E-state index contributed by atoms with van der Waals surface area (Å²) in [4.78, 5) is 19.6. The molecule has 0 N–H and O–H groups in total. The molecule has 12 rings (SSSR count). The lowest BCUT2D eigenvalue weighted by Gasteiger charge is -2.12. The van der Waals surface area contributed by atoms with Crippen molar-refractivity contribution in [1.82, 2.24) is 24.5 Å². The van der Waals surface area contributed by atoms with Crippen molar-refractivity contribution in [2.24, 2.45) is 0 Å². The van der Waals surface area contributed by atoms with Gasteiger partial charge in [-0.1, -0.05) is 127 Å². The zero-order valence-electron chi connectivity index (χ0n) is 31.0. The van der Waals surface area contributed by atoms with Crippen LogP contribution in [0.25, 0.3) is 116 Å². The number of pyridine rings is 1. The topological polar surface area (TPSA) is 69.6 Å². The van der Waals surface area contributed by atoms with E-state index in [1.807, 2.05) is 54.7 Å². The van der Waals surface area contributed by atoms with Crippen LogP contribution in [0, 0.1) is 0 Å². The Morgan fingerprint density at radius 2 is 1.05 bits per heavy atom. The largest absolute Gasteiger partial charge is 0.456 e. The third-order valence-corrected chi connectivity index (χ3v) is 11.3. The number of nitrogens with zero attached hydrogens (tertiary/aromatic N) is 5. The van der Waals surface area contributed by atoms with Crippen LogP contribution in [0.2, 0.25) is 0 Å². The molecule has 6 heteroatoms. The van der Waals surface area contributed by atoms with Gasteiger partial charge in [0.15, 0.2) is 17.5 Å². The van der Waals surface area contributed by atoms with Crippen molar-refractivity contribution in [2.45, 2.75) is 0 Å². The maximum Gasteiger partial charge on any atom is 0.164 e. The van der Waals surface area contributed by atoms with Gasteiger partial charge in [0, 0.05) is 56.3 Å². The molecule has 0 aliphatic rings. The van der Waals surface area contributed by atoms with Gasteiger partial charge in [-0.3, -0.25) is 4.98 Å². The van der Waals surface area contributed by atoms with Gasteiger partial charge in [-0.2, -0.15) is 0 Å². The summed E-state index contributed by atoms with van der Waals surface area (Å²) in [6.07, 6.45) is 3.59. The highest BCUT2D eigenvalue weighted by atomic mass is 16.3. The lowest BCUT2D eigenvalue weighted by atomic mass is 9.99. The summed E-state index contributed by atoms with van der Waals surface area (Å²) in [7, 11) is 0. The van der Waals surface area contributed by atoms with Crippen LogP contribution in [0.1, 0.15) is 0 Å². The molecular formula is C52H31N5O. The van der Waals surface area contributed by atoms with Gasteiger partial charge in [0.05, 0.1) is 11.0 Å². The number of fused-ring (bicyclic) bond motifs is 9. The first-order valence-corrected chi connectivity index (χ1v) is 19.4. The van der Waals surface area contributed by atoms with Crippen LogP contribution < -0.4 is 0 Å². The molecule has 0 atom stereocenters. The maximum atomic E-state index is 6.24. The number of aromatic nitrogens is 5. The smallest absolute Gasteiger partial charge is 0.164 e. The number of benzene rings is 8. The van der Waals surface area contributed by atoms with E-state index in [9.17, 15) is 0 Å². The highest BCUT2D eigenvalue weighted by Crippen LogP contribution is 2.40. The fraction of sp³-hybridized carbons (Fsp3) is 0. The van der Waals surface area contributed by atoms with E-state index in [0.717, 1.165) is 60.9 Å². The molecule has 270 valence electrons. The lowest BCUT2D eigenvalue weighted by molar-refractivity contribution is 0.668. The van der Waals surface area contributed by atoms with E-state index < -0.39 is 0 Å². The summed E-state index contributed by atoms with van der Waals surface area (Å²) in [6, 6.07) is 61.8. The molecule has 4 aromatic heterocycles. The second-order valence-corrected chi connectivity index (χ2v) is 14.7. The SMILES string of the molecule is c1ccc(-c2nc(-c3cccc(-n4c5cc(-c6ccc7ccccc7c6)ccc5c5c6ccccc6ccc54)c3)nc(-c3ccc4c(c3)oc3ccncc34)n2)cc1. The zero-order valence-corrected chi connectivity index (χ0v) is 31.0. The van der Waals surface area contributed by atoms with Crippen molar-refractivity contribution in [3.05, 3.63) is 188 Å². The zero-order chi connectivity index (χ0) is 38.2. The van der Waals surface area contributed by atoms with Crippen LogP contribution in [0.15, 0.2) is 193 Å². The average Bonchev–Trinajstić information content (AvgIpc) is 3.84. The number of furan rings is 1. The molecule has 12 aromatic rings. The van der Waals surface area contributed by atoms with Crippen LogP contribution in [-0.2, 0) is 0 Å². The number of hydrogen-bond donors (Lipinski definition) is 0. The predicted molar refractivity (Wildman–Crippen MR) is 236 cm³/mol. The van der Waals surface area contributed by atoms with Gasteiger partial charge in [-0.05, 0) is 81.2 Å². The molecule has 0 radical (unpaired) electrons. The quantitative estimate of drug-likeness (QED) is 0.176. The van der Waals surface area contributed by atoms with Crippen LogP contribution in [0.4, 0.5) is 0 Å². The molecule has 58 heavy (non-hydrogen) atoms. The Balaban J connectivity index is 1.06. The van der Waals surface area contributed by atoms with Crippen LogP contribution >= 0.6 is 0 Å². The summed E-state index contributed by atoms with van der Waals surface area (Å²) < 4.78 is 8.62. The van der Waals surface area contributed by atoms with Crippen LogP contribution in [-0.4, -0.2) is 24.5 Å². The van der Waals surface area contributed by atoms with Crippen LogP contribution in [0.5, 0.6) is 0 Å². The Bertz CT molecular complexity index is 3590. The molecule has 8 aromatic carbocycles. The second-order valence-electron chi connectivity index (χ2n) is 14.7. The fourth-order valence-corrected chi connectivity index (χ4v) is 8.51. The van der Waals surface area contributed by atoms with E-state index in [0.29, 0.717) is 17.5 Å². The Kier molecular flexibility index (Phi) is 7.13. The highest BCUT2D eigenvalue weighted by molar-refractivity contribution is 6.21.